The predicted octanol–water partition coefficient (Wildman–Crippen LogP) is 2.42. The first-order valence-corrected chi connectivity index (χ1v) is 7.46. The van der Waals surface area contributed by atoms with E-state index in [1.807, 2.05) is 12.1 Å². The lowest BCUT2D eigenvalue weighted by atomic mass is 9.99. The fraction of sp³-hybridized carbons (Fsp3) is 0.267. The van der Waals surface area contributed by atoms with Gasteiger partial charge in [0.25, 0.3) is 5.91 Å². The van der Waals surface area contributed by atoms with Gasteiger partial charge in [0.2, 0.25) is 0 Å². The summed E-state index contributed by atoms with van der Waals surface area (Å²) in [4.78, 5) is 14.0. The normalized spacial score (nSPS) is 18.4. The minimum atomic E-state index is -0.447. The smallest absolute Gasteiger partial charge is 0.260 e. The van der Waals surface area contributed by atoms with Gasteiger partial charge in [0.1, 0.15) is 4.88 Å². The van der Waals surface area contributed by atoms with Crippen molar-refractivity contribution >= 4 is 27.9 Å². The molecule has 4 nitrogen and oxygen atoms in total. The number of rotatable bonds is 3. The summed E-state index contributed by atoms with van der Waals surface area (Å²) in [5, 5.41) is 1.04. The molecule has 1 amide bonds. The van der Waals surface area contributed by atoms with E-state index < -0.39 is 5.91 Å². The highest BCUT2D eigenvalue weighted by atomic mass is 32.1. The monoisotopic (exact) mass is 287 g/mol. The molecule has 4 N–H and O–H groups in total. The molecule has 0 radical (unpaired) electrons. The van der Waals surface area contributed by atoms with E-state index in [-0.39, 0.29) is 0 Å². The SMILES string of the molecule is NC(=O)c1sc(N2CCC(c3ccccc3)C2)cc1N. The summed E-state index contributed by atoms with van der Waals surface area (Å²) in [5.41, 5.74) is 13.0. The van der Waals surface area contributed by atoms with Crippen LogP contribution in [0.5, 0.6) is 0 Å². The molecule has 0 saturated carbocycles. The van der Waals surface area contributed by atoms with Crippen molar-refractivity contribution in [2.45, 2.75) is 12.3 Å². The molecule has 20 heavy (non-hydrogen) atoms. The van der Waals surface area contributed by atoms with E-state index in [1.54, 1.807) is 0 Å². The number of thiophene rings is 1. The molecule has 1 atom stereocenters. The van der Waals surface area contributed by atoms with Crippen molar-refractivity contribution in [1.82, 2.24) is 0 Å². The van der Waals surface area contributed by atoms with Crippen LogP contribution in [-0.2, 0) is 0 Å². The molecule has 3 rings (SSSR count). The van der Waals surface area contributed by atoms with E-state index >= 15 is 0 Å². The second-order valence-corrected chi connectivity index (χ2v) is 6.11. The minimum absolute atomic E-state index is 0.447. The fourth-order valence-electron chi connectivity index (χ4n) is 2.70. The predicted molar refractivity (Wildman–Crippen MR) is 83.3 cm³/mol. The fourth-order valence-corrected chi connectivity index (χ4v) is 3.66. The Labute approximate surface area is 122 Å². The van der Waals surface area contributed by atoms with Crippen LogP contribution in [0.2, 0.25) is 0 Å². The first-order chi connectivity index (χ1) is 9.65. The molecule has 1 unspecified atom stereocenters. The number of hydrogen-bond acceptors (Lipinski definition) is 4. The molecule has 1 aromatic heterocycles. The quantitative estimate of drug-likeness (QED) is 0.910. The van der Waals surface area contributed by atoms with Crippen molar-refractivity contribution in [2.24, 2.45) is 5.73 Å². The van der Waals surface area contributed by atoms with Crippen molar-refractivity contribution in [3.63, 3.8) is 0 Å². The zero-order chi connectivity index (χ0) is 14.1. The summed E-state index contributed by atoms with van der Waals surface area (Å²) < 4.78 is 0. The molecule has 2 heterocycles. The zero-order valence-electron chi connectivity index (χ0n) is 11.1. The van der Waals surface area contributed by atoms with Crippen LogP contribution in [0.1, 0.15) is 27.6 Å². The van der Waals surface area contributed by atoms with Gasteiger partial charge < -0.3 is 16.4 Å². The van der Waals surface area contributed by atoms with Crippen LogP contribution < -0.4 is 16.4 Å². The van der Waals surface area contributed by atoms with Gasteiger partial charge in [-0.25, -0.2) is 0 Å². The van der Waals surface area contributed by atoms with Crippen LogP contribution in [0, 0.1) is 0 Å². The minimum Gasteiger partial charge on any atom is -0.397 e. The van der Waals surface area contributed by atoms with Gasteiger partial charge in [-0.2, -0.15) is 0 Å². The molecule has 1 fully saturated rings. The molecule has 0 aliphatic carbocycles. The lowest BCUT2D eigenvalue weighted by molar-refractivity contribution is 0.100. The number of nitrogens with zero attached hydrogens (tertiary/aromatic N) is 1. The van der Waals surface area contributed by atoms with Gasteiger partial charge in [0.05, 0.1) is 10.7 Å². The van der Waals surface area contributed by atoms with Crippen molar-refractivity contribution in [1.29, 1.82) is 0 Å². The maximum atomic E-state index is 11.3. The van der Waals surface area contributed by atoms with Crippen LogP contribution >= 0.6 is 11.3 Å². The van der Waals surface area contributed by atoms with E-state index in [4.69, 9.17) is 11.5 Å². The molecular weight excluding hydrogens is 270 g/mol. The summed E-state index contributed by atoms with van der Waals surface area (Å²) in [6.45, 7) is 1.94. The third-order valence-electron chi connectivity index (χ3n) is 3.74. The molecule has 1 aliphatic heterocycles. The topological polar surface area (TPSA) is 72.4 Å². The Morgan fingerprint density at radius 2 is 2.05 bits per heavy atom. The molecule has 1 aromatic carbocycles. The number of carbonyl (C=O) groups excluding carboxylic acids is 1. The van der Waals surface area contributed by atoms with Crippen LogP contribution in [0.3, 0.4) is 0 Å². The Morgan fingerprint density at radius 3 is 2.70 bits per heavy atom. The summed E-state index contributed by atoms with van der Waals surface area (Å²) >= 11 is 1.39. The Hall–Kier alpha value is -2.01. The molecule has 0 spiro atoms. The number of hydrogen-bond donors (Lipinski definition) is 2. The molecule has 2 aromatic rings. The van der Waals surface area contributed by atoms with Crippen LogP contribution in [0.4, 0.5) is 10.7 Å². The third-order valence-corrected chi connectivity index (χ3v) is 4.97. The highest BCUT2D eigenvalue weighted by Crippen LogP contribution is 2.37. The van der Waals surface area contributed by atoms with Gasteiger partial charge in [0, 0.05) is 19.0 Å². The van der Waals surface area contributed by atoms with E-state index in [9.17, 15) is 4.79 Å². The maximum Gasteiger partial charge on any atom is 0.260 e. The molecule has 104 valence electrons. The number of primary amides is 1. The van der Waals surface area contributed by atoms with E-state index in [0.717, 1.165) is 24.5 Å². The molecule has 0 bridgehead atoms. The lowest BCUT2D eigenvalue weighted by Crippen LogP contribution is -2.17. The first-order valence-electron chi connectivity index (χ1n) is 6.64. The Balaban J connectivity index is 1.77. The van der Waals surface area contributed by atoms with Crippen molar-refractivity contribution in [3.05, 3.63) is 46.8 Å². The number of nitrogens with two attached hydrogens (primary N) is 2. The first kappa shape index (κ1) is 13.0. The number of carbonyl (C=O) groups is 1. The largest absolute Gasteiger partial charge is 0.397 e. The summed E-state index contributed by atoms with van der Waals surface area (Å²) in [5.74, 6) is 0.0918. The van der Waals surface area contributed by atoms with E-state index in [1.165, 1.54) is 16.9 Å². The highest BCUT2D eigenvalue weighted by Gasteiger charge is 2.26. The maximum absolute atomic E-state index is 11.3. The molecule has 1 saturated heterocycles. The number of anilines is 2. The third kappa shape index (κ3) is 2.36. The van der Waals surface area contributed by atoms with Crippen molar-refractivity contribution in [3.8, 4) is 0 Å². The number of benzene rings is 1. The Bertz CT molecular complexity index is 623. The summed E-state index contributed by atoms with van der Waals surface area (Å²) in [6, 6.07) is 12.4. The second kappa shape index (κ2) is 5.17. The van der Waals surface area contributed by atoms with Crippen LogP contribution in [0.15, 0.2) is 36.4 Å². The summed E-state index contributed by atoms with van der Waals surface area (Å²) in [6.07, 6.45) is 1.12. The van der Waals surface area contributed by atoms with Gasteiger partial charge >= 0.3 is 0 Å². The van der Waals surface area contributed by atoms with E-state index in [0.29, 0.717) is 16.5 Å². The van der Waals surface area contributed by atoms with Gasteiger partial charge in [-0.05, 0) is 18.1 Å². The second-order valence-electron chi connectivity index (χ2n) is 5.08. The van der Waals surface area contributed by atoms with Crippen LogP contribution in [0.25, 0.3) is 0 Å². The van der Waals surface area contributed by atoms with Crippen molar-refractivity contribution in [2.75, 3.05) is 23.7 Å². The van der Waals surface area contributed by atoms with Crippen LogP contribution in [-0.4, -0.2) is 19.0 Å². The zero-order valence-corrected chi connectivity index (χ0v) is 11.9. The summed E-state index contributed by atoms with van der Waals surface area (Å²) in [7, 11) is 0. The van der Waals surface area contributed by atoms with Gasteiger partial charge in [0.15, 0.2) is 0 Å². The van der Waals surface area contributed by atoms with Gasteiger partial charge in [-0.1, -0.05) is 30.3 Å². The van der Waals surface area contributed by atoms with Crippen molar-refractivity contribution < 1.29 is 4.79 Å². The van der Waals surface area contributed by atoms with Gasteiger partial charge in [-0.15, -0.1) is 11.3 Å². The van der Waals surface area contributed by atoms with E-state index in [2.05, 4.69) is 29.2 Å². The number of nitrogen functional groups attached to an aromatic ring is 1. The standard InChI is InChI=1S/C15H17N3OS/c16-12-8-13(20-14(12)15(17)19)18-7-6-11(9-18)10-4-2-1-3-5-10/h1-5,8,11H,6-7,9,16H2,(H2,17,19). The van der Waals surface area contributed by atoms with Gasteiger partial charge in [-0.3, -0.25) is 4.79 Å². The molecule has 1 aliphatic rings. The lowest BCUT2D eigenvalue weighted by Gasteiger charge is -2.16. The molecular formula is C15H17N3OS. The number of amides is 1. The Kier molecular flexibility index (Phi) is 3.36. The molecule has 5 heteroatoms. The average molecular weight is 287 g/mol. The average Bonchev–Trinajstić information content (AvgIpc) is 3.06. The highest BCUT2D eigenvalue weighted by molar-refractivity contribution is 7.18. The Morgan fingerprint density at radius 1 is 1.30 bits per heavy atom.